The standard InChI is InChI=1S/C56H39N/c1-6-18-40(19-7-1)45-32-36-49(53(38-45)41-20-8-2-9-21-41)42-30-33-47(34-31-42)57(46-26-14-5-15-27-46)48-35-37-51-50-28-16-17-29-52(50)55(43-22-10-3-11-23-43)56(54(51)39-48)44-24-12-4-13-25-44/h1-39H. The van der Waals surface area contributed by atoms with E-state index in [2.05, 4.69) is 241 Å². The molecule has 0 N–H and O–H groups in total. The first kappa shape index (κ1) is 34.0. The van der Waals surface area contributed by atoms with Crippen molar-refractivity contribution in [1.82, 2.24) is 0 Å². The third-order valence-corrected chi connectivity index (χ3v) is 11.1. The quantitative estimate of drug-likeness (QED) is 0.141. The Balaban J connectivity index is 1.15. The highest BCUT2D eigenvalue weighted by Gasteiger charge is 2.20. The van der Waals surface area contributed by atoms with Crippen LogP contribution in [0, 0.1) is 0 Å². The predicted octanol–water partition coefficient (Wildman–Crippen LogP) is 15.8. The van der Waals surface area contributed by atoms with Crippen molar-refractivity contribution in [1.29, 1.82) is 0 Å². The SMILES string of the molecule is c1ccc(-c2ccc(-c3ccc(N(c4ccccc4)c4ccc5c(c4)c(-c4ccccc4)c(-c4ccccc4)c4ccccc45)cc3)c(-c3ccccc3)c2)cc1. The van der Waals surface area contributed by atoms with Gasteiger partial charge in [-0.15, -0.1) is 0 Å². The second kappa shape index (κ2) is 15.0. The first-order valence-corrected chi connectivity index (χ1v) is 19.6. The molecule has 0 atom stereocenters. The Morgan fingerprint density at radius 3 is 1.25 bits per heavy atom. The van der Waals surface area contributed by atoms with Crippen LogP contribution >= 0.6 is 0 Å². The van der Waals surface area contributed by atoms with Crippen molar-refractivity contribution in [3.8, 4) is 55.6 Å². The molecule has 57 heavy (non-hydrogen) atoms. The highest BCUT2D eigenvalue weighted by Crippen LogP contribution is 2.47. The van der Waals surface area contributed by atoms with Crippen molar-refractivity contribution in [2.75, 3.05) is 4.90 Å². The van der Waals surface area contributed by atoms with Crippen LogP contribution in [0.25, 0.3) is 77.2 Å². The molecule has 0 amide bonds. The first-order chi connectivity index (χ1) is 28.3. The number of nitrogens with zero attached hydrogens (tertiary/aromatic N) is 1. The molecule has 10 aromatic carbocycles. The van der Waals surface area contributed by atoms with E-state index in [1.165, 1.54) is 77.2 Å². The van der Waals surface area contributed by atoms with Gasteiger partial charge >= 0.3 is 0 Å². The molecule has 0 fully saturated rings. The Bertz CT molecular complexity index is 2960. The molecule has 10 rings (SSSR count). The number of para-hydroxylation sites is 1. The molecule has 0 aliphatic heterocycles. The number of rotatable bonds is 8. The fourth-order valence-corrected chi connectivity index (χ4v) is 8.40. The molecule has 0 radical (unpaired) electrons. The van der Waals surface area contributed by atoms with Crippen LogP contribution in [0.2, 0.25) is 0 Å². The van der Waals surface area contributed by atoms with Crippen molar-refractivity contribution >= 4 is 38.6 Å². The molecule has 10 aromatic rings. The van der Waals surface area contributed by atoms with Gasteiger partial charge in [0.2, 0.25) is 0 Å². The summed E-state index contributed by atoms with van der Waals surface area (Å²) in [6.45, 7) is 0. The highest BCUT2D eigenvalue weighted by molar-refractivity contribution is 6.22. The average Bonchev–Trinajstić information content (AvgIpc) is 3.30. The lowest BCUT2D eigenvalue weighted by Crippen LogP contribution is -2.10. The van der Waals surface area contributed by atoms with Crippen LogP contribution in [0.4, 0.5) is 17.1 Å². The van der Waals surface area contributed by atoms with E-state index < -0.39 is 0 Å². The molecule has 0 saturated carbocycles. The van der Waals surface area contributed by atoms with Gasteiger partial charge in [-0.25, -0.2) is 0 Å². The summed E-state index contributed by atoms with van der Waals surface area (Å²) in [6, 6.07) is 85.6. The maximum Gasteiger partial charge on any atom is 0.0468 e. The number of hydrogen-bond donors (Lipinski definition) is 0. The summed E-state index contributed by atoms with van der Waals surface area (Å²) in [5.41, 5.74) is 15.4. The zero-order chi connectivity index (χ0) is 38.0. The third-order valence-electron chi connectivity index (χ3n) is 11.1. The molecular weight excluding hydrogens is 687 g/mol. The Hall–Kier alpha value is -7.48. The molecule has 0 aliphatic rings. The van der Waals surface area contributed by atoms with Crippen molar-refractivity contribution < 1.29 is 0 Å². The smallest absolute Gasteiger partial charge is 0.0468 e. The molecule has 0 aromatic heterocycles. The van der Waals surface area contributed by atoms with Crippen LogP contribution < -0.4 is 4.90 Å². The fourth-order valence-electron chi connectivity index (χ4n) is 8.40. The van der Waals surface area contributed by atoms with Gasteiger partial charge in [-0.2, -0.15) is 0 Å². The van der Waals surface area contributed by atoms with E-state index >= 15 is 0 Å². The summed E-state index contributed by atoms with van der Waals surface area (Å²) < 4.78 is 0. The van der Waals surface area contributed by atoms with Gasteiger partial charge in [0.1, 0.15) is 0 Å². The van der Waals surface area contributed by atoms with Gasteiger partial charge in [0, 0.05) is 17.1 Å². The molecule has 0 spiro atoms. The lowest BCUT2D eigenvalue weighted by molar-refractivity contribution is 1.29. The molecule has 0 aliphatic carbocycles. The Morgan fingerprint density at radius 2 is 0.632 bits per heavy atom. The summed E-state index contributed by atoms with van der Waals surface area (Å²) in [4.78, 5) is 2.38. The maximum absolute atomic E-state index is 2.40. The van der Waals surface area contributed by atoms with E-state index in [4.69, 9.17) is 0 Å². The lowest BCUT2D eigenvalue weighted by atomic mass is 9.85. The summed E-state index contributed by atoms with van der Waals surface area (Å²) in [5.74, 6) is 0. The van der Waals surface area contributed by atoms with E-state index in [1.807, 2.05) is 0 Å². The molecule has 0 bridgehead atoms. The second-order valence-electron chi connectivity index (χ2n) is 14.5. The van der Waals surface area contributed by atoms with Crippen LogP contribution in [-0.4, -0.2) is 0 Å². The minimum atomic E-state index is 1.09. The Morgan fingerprint density at radius 1 is 0.211 bits per heavy atom. The maximum atomic E-state index is 2.40. The van der Waals surface area contributed by atoms with Gasteiger partial charge in [0.15, 0.2) is 0 Å². The van der Waals surface area contributed by atoms with E-state index in [0.29, 0.717) is 0 Å². The van der Waals surface area contributed by atoms with Crippen molar-refractivity contribution in [2.24, 2.45) is 0 Å². The van der Waals surface area contributed by atoms with E-state index in [0.717, 1.165) is 17.1 Å². The largest absolute Gasteiger partial charge is 0.310 e. The Labute approximate surface area is 334 Å². The van der Waals surface area contributed by atoms with Gasteiger partial charge < -0.3 is 4.90 Å². The zero-order valence-electron chi connectivity index (χ0n) is 31.5. The van der Waals surface area contributed by atoms with Gasteiger partial charge in [-0.3, -0.25) is 0 Å². The van der Waals surface area contributed by atoms with Crippen LogP contribution in [0.15, 0.2) is 237 Å². The highest BCUT2D eigenvalue weighted by atomic mass is 15.1. The molecule has 0 heterocycles. The van der Waals surface area contributed by atoms with Crippen LogP contribution in [0.1, 0.15) is 0 Å². The lowest BCUT2D eigenvalue weighted by Gasteiger charge is -2.27. The van der Waals surface area contributed by atoms with E-state index in [-0.39, 0.29) is 0 Å². The third kappa shape index (κ3) is 6.46. The van der Waals surface area contributed by atoms with Crippen molar-refractivity contribution in [2.45, 2.75) is 0 Å². The predicted molar refractivity (Wildman–Crippen MR) is 243 cm³/mol. The molecule has 1 nitrogen and oxygen atoms in total. The van der Waals surface area contributed by atoms with Crippen molar-refractivity contribution in [3.63, 3.8) is 0 Å². The monoisotopic (exact) mass is 725 g/mol. The van der Waals surface area contributed by atoms with Crippen LogP contribution in [0.3, 0.4) is 0 Å². The van der Waals surface area contributed by atoms with Crippen LogP contribution in [0.5, 0.6) is 0 Å². The molecular formula is C56H39N. The number of hydrogen-bond acceptors (Lipinski definition) is 1. The minimum Gasteiger partial charge on any atom is -0.310 e. The molecule has 268 valence electrons. The topological polar surface area (TPSA) is 3.24 Å². The number of benzene rings is 10. The summed E-state index contributed by atoms with van der Waals surface area (Å²) in [6.07, 6.45) is 0. The minimum absolute atomic E-state index is 1.09. The van der Waals surface area contributed by atoms with E-state index in [1.54, 1.807) is 0 Å². The molecule has 0 unspecified atom stereocenters. The van der Waals surface area contributed by atoms with Crippen molar-refractivity contribution in [3.05, 3.63) is 237 Å². The van der Waals surface area contributed by atoms with Gasteiger partial charge in [0.25, 0.3) is 0 Å². The molecule has 1 heteroatoms. The molecule has 0 saturated heterocycles. The van der Waals surface area contributed by atoms with Gasteiger partial charge in [0.05, 0.1) is 0 Å². The number of fused-ring (bicyclic) bond motifs is 3. The van der Waals surface area contributed by atoms with Gasteiger partial charge in [-0.05, 0) is 120 Å². The number of anilines is 3. The Kier molecular flexibility index (Phi) is 8.95. The normalized spacial score (nSPS) is 11.2. The summed E-state index contributed by atoms with van der Waals surface area (Å²) in [7, 11) is 0. The summed E-state index contributed by atoms with van der Waals surface area (Å²) >= 11 is 0. The van der Waals surface area contributed by atoms with Gasteiger partial charge in [-0.1, -0.05) is 194 Å². The first-order valence-electron chi connectivity index (χ1n) is 19.6. The summed E-state index contributed by atoms with van der Waals surface area (Å²) in [5, 5.41) is 4.97. The second-order valence-corrected chi connectivity index (χ2v) is 14.5. The average molecular weight is 726 g/mol. The van der Waals surface area contributed by atoms with E-state index in [9.17, 15) is 0 Å². The zero-order valence-corrected chi connectivity index (χ0v) is 31.5. The fraction of sp³-hybridized carbons (Fsp3) is 0. The van der Waals surface area contributed by atoms with Crippen LogP contribution in [-0.2, 0) is 0 Å².